The Hall–Kier alpha value is -2.71. The molecule has 0 aliphatic carbocycles. The van der Waals surface area contributed by atoms with Gasteiger partial charge in [0.2, 0.25) is 0 Å². The molecule has 28 heavy (non-hydrogen) atoms. The monoisotopic (exact) mass is 396 g/mol. The number of pyridine rings is 2. The van der Waals surface area contributed by atoms with E-state index in [0.29, 0.717) is 23.7 Å². The molecule has 0 saturated carbocycles. The largest absolute Gasteiger partial charge is 0.493 e. The molecule has 2 unspecified atom stereocenters. The molecule has 0 aromatic carbocycles. The van der Waals surface area contributed by atoms with Crippen molar-refractivity contribution in [2.24, 2.45) is 0 Å². The highest BCUT2D eigenvalue weighted by Crippen LogP contribution is 2.30. The maximum Gasteiger partial charge on any atom is 0.175 e. The Morgan fingerprint density at radius 2 is 1.96 bits per heavy atom. The zero-order valence-corrected chi connectivity index (χ0v) is 17.0. The van der Waals surface area contributed by atoms with E-state index in [1.54, 1.807) is 24.6 Å². The normalized spacial score (nSPS) is 19.5. The van der Waals surface area contributed by atoms with Crippen molar-refractivity contribution in [2.75, 3.05) is 30.4 Å². The number of methoxy groups -OCH3 is 1. The standard InChI is InChI=1S/C20H24N6OS/c1-13-11-26(12-14(2)23-13)15-4-7-18(22-10-15)25-19-17(27-3)6-5-16(24-19)20-21-8-9-28-20/h4-10,13-14,23H,11-12H2,1-3H3,(H,22,24,25). The van der Waals surface area contributed by atoms with E-state index in [4.69, 9.17) is 4.74 Å². The van der Waals surface area contributed by atoms with Gasteiger partial charge in [-0.25, -0.2) is 15.0 Å². The van der Waals surface area contributed by atoms with Gasteiger partial charge >= 0.3 is 0 Å². The van der Waals surface area contributed by atoms with Crippen molar-refractivity contribution in [3.63, 3.8) is 0 Å². The molecule has 4 rings (SSSR count). The number of hydrogen-bond acceptors (Lipinski definition) is 8. The molecule has 0 amide bonds. The quantitative estimate of drug-likeness (QED) is 0.683. The second-order valence-electron chi connectivity index (χ2n) is 6.98. The lowest BCUT2D eigenvalue weighted by molar-refractivity contribution is 0.407. The Morgan fingerprint density at radius 1 is 1.14 bits per heavy atom. The predicted molar refractivity (Wildman–Crippen MR) is 114 cm³/mol. The maximum absolute atomic E-state index is 5.45. The molecular formula is C20H24N6OS. The van der Waals surface area contributed by atoms with Crippen LogP contribution in [0.3, 0.4) is 0 Å². The summed E-state index contributed by atoms with van der Waals surface area (Å²) in [6.07, 6.45) is 3.68. The first-order valence-corrected chi connectivity index (χ1v) is 10.2. The van der Waals surface area contributed by atoms with Gasteiger partial charge in [0.1, 0.15) is 16.5 Å². The Morgan fingerprint density at radius 3 is 2.61 bits per heavy atom. The first-order valence-electron chi connectivity index (χ1n) is 9.31. The molecule has 4 heterocycles. The molecule has 3 aromatic rings. The van der Waals surface area contributed by atoms with Crippen molar-refractivity contribution in [2.45, 2.75) is 25.9 Å². The molecule has 0 radical (unpaired) electrons. The molecule has 2 N–H and O–H groups in total. The van der Waals surface area contributed by atoms with Gasteiger partial charge in [0.05, 0.1) is 19.0 Å². The van der Waals surface area contributed by atoms with Gasteiger partial charge < -0.3 is 20.3 Å². The fourth-order valence-corrected chi connectivity index (χ4v) is 4.08. The Bertz CT molecular complexity index is 905. The highest BCUT2D eigenvalue weighted by Gasteiger charge is 2.21. The smallest absolute Gasteiger partial charge is 0.175 e. The van der Waals surface area contributed by atoms with E-state index in [0.717, 1.165) is 35.3 Å². The third-order valence-corrected chi connectivity index (χ3v) is 5.44. The first kappa shape index (κ1) is 18.6. The minimum Gasteiger partial charge on any atom is -0.493 e. The average Bonchev–Trinajstić information content (AvgIpc) is 3.22. The summed E-state index contributed by atoms with van der Waals surface area (Å²) in [6.45, 7) is 6.37. The van der Waals surface area contributed by atoms with Gasteiger partial charge in [-0.15, -0.1) is 11.3 Å². The molecule has 2 atom stereocenters. The maximum atomic E-state index is 5.45. The molecule has 1 saturated heterocycles. The fraction of sp³-hybridized carbons (Fsp3) is 0.350. The highest BCUT2D eigenvalue weighted by molar-refractivity contribution is 7.13. The van der Waals surface area contributed by atoms with E-state index in [1.165, 1.54) is 0 Å². The lowest BCUT2D eigenvalue weighted by Crippen LogP contribution is -2.54. The van der Waals surface area contributed by atoms with Crippen LogP contribution in [0, 0.1) is 0 Å². The van der Waals surface area contributed by atoms with Crippen molar-refractivity contribution in [1.29, 1.82) is 0 Å². The third-order valence-electron chi connectivity index (χ3n) is 4.65. The average molecular weight is 397 g/mol. The summed E-state index contributed by atoms with van der Waals surface area (Å²) < 4.78 is 5.45. The number of ether oxygens (including phenoxy) is 1. The van der Waals surface area contributed by atoms with Gasteiger partial charge in [0, 0.05) is 36.8 Å². The molecule has 0 spiro atoms. The van der Waals surface area contributed by atoms with Crippen LogP contribution in [-0.2, 0) is 0 Å². The summed E-state index contributed by atoms with van der Waals surface area (Å²) in [5.41, 5.74) is 1.93. The van der Waals surface area contributed by atoms with E-state index < -0.39 is 0 Å². The minimum absolute atomic E-state index is 0.462. The van der Waals surface area contributed by atoms with Crippen LogP contribution >= 0.6 is 11.3 Å². The Balaban J connectivity index is 1.53. The van der Waals surface area contributed by atoms with E-state index in [2.05, 4.69) is 50.4 Å². The van der Waals surface area contributed by atoms with Crippen LogP contribution in [0.1, 0.15) is 13.8 Å². The molecule has 1 aliphatic heterocycles. The topological polar surface area (TPSA) is 75.2 Å². The minimum atomic E-state index is 0.462. The van der Waals surface area contributed by atoms with Crippen LogP contribution in [-0.4, -0.2) is 47.2 Å². The van der Waals surface area contributed by atoms with E-state index in [1.807, 2.05) is 29.8 Å². The molecule has 8 heteroatoms. The second-order valence-corrected chi connectivity index (χ2v) is 7.88. The lowest BCUT2D eigenvalue weighted by atomic mass is 10.1. The van der Waals surface area contributed by atoms with Crippen molar-refractivity contribution in [1.82, 2.24) is 20.3 Å². The van der Waals surface area contributed by atoms with Crippen LogP contribution < -0.4 is 20.3 Å². The molecule has 7 nitrogen and oxygen atoms in total. The van der Waals surface area contributed by atoms with Gasteiger partial charge in [-0.1, -0.05) is 0 Å². The van der Waals surface area contributed by atoms with Gasteiger partial charge in [-0.2, -0.15) is 0 Å². The van der Waals surface area contributed by atoms with E-state index in [-0.39, 0.29) is 0 Å². The number of piperazine rings is 1. The number of hydrogen-bond donors (Lipinski definition) is 2. The zero-order valence-electron chi connectivity index (χ0n) is 16.2. The summed E-state index contributed by atoms with van der Waals surface area (Å²) in [5.74, 6) is 2.01. The van der Waals surface area contributed by atoms with Crippen LogP contribution in [0.25, 0.3) is 10.7 Å². The first-order chi connectivity index (χ1) is 13.6. The number of nitrogens with one attached hydrogen (secondary N) is 2. The van der Waals surface area contributed by atoms with Crippen molar-refractivity contribution >= 4 is 28.7 Å². The number of anilines is 3. The highest BCUT2D eigenvalue weighted by atomic mass is 32.1. The summed E-state index contributed by atoms with van der Waals surface area (Å²) in [5, 5.41) is 9.63. The van der Waals surface area contributed by atoms with Crippen LogP contribution in [0.2, 0.25) is 0 Å². The fourth-order valence-electron chi connectivity index (χ4n) is 3.48. The summed E-state index contributed by atoms with van der Waals surface area (Å²) in [6, 6.07) is 8.80. The van der Waals surface area contributed by atoms with Gasteiger partial charge in [0.15, 0.2) is 11.6 Å². The number of nitrogens with zero attached hydrogens (tertiary/aromatic N) is 4. The SMILES string of the molecule is COc1ccc(-c2nccs2)nc1Nc1ccc(N2CC(C)NC(C)C2)cn1. The number of rotatable bonds is 5. The lowest BCUT2D eigenvalue weighted by Gasteiger charge is -2.37. The third kappa shape index (κ3) is 4.07. The molecule has 0 bridgehead atoms. The van der Waals surface area contributed by atoms with Crippen LogP contribution in [0.4, 0.5) is 17.3 Å². The van der Waals surface area contributed by atoms with Gasteiger partial charge in [-0.3, -0.25) is 0 Å². The number of thiazole rings is 1. The Kier molecular flexibility index (Phi) is 5.40. The summed E-state index contributed by atoms with van der Waals surface area (Å²) >= 11 is 1.55. The van der Waals surface area contributed by atoms with Crippen LogP contribution in [0.15, 0.2) is 42.0 Å². The van der Waals surface area contributed by atoms with E-state index in [9.17, 15) is 0 Å². The van der Waals surface area contributed by atoms with Crippen molar-refractivity contribution in [3.8, 4) is 16.5 Å². The number of aromatic nitrogens is 3. The van der Waals surface area contributed by atoms with Gasteiger partial charge in [-0.05, 0) is 38.1 Å². The summed E-state index contributed by atoms with van der Waals surface area (Å²) in [4.78, 5) is 15.9. The summed E-state index contributed by atoms with van der Waals surface area (Å²) in [7, 11) is 1.63. The van der Waals surface area contributed by atoms with Gasteiger partial charge in [0.25, 0.3) is 0 Å². The van der Waals surface area contributed by atoms with Crippen molar-refractivity contribution < 1.29 is 4.74 Å². The molecular weight excluding hydrogens is 372 g/mol. The molecule has 1 aliphatic rings. The van der Waals surface area contributed by atoms with E-state index >= 15 is 0 Å². The predicted octanol–water partition coefficient (Wildman–Crippen LogP) is 3.54. The van der Waals surface area contributed by atoms with Crippen molar-refractivity contribution in [3.05, 3.63) is 42.0 Å². The second kappa shape index (κ2) is 8.12. The van der Waals surface area contributed by atoms with Crippen LogP contribution in [0.5, 0.6) is 5.75 Å². The molecule has 3 aromatic heterocycles. The molecule has 1 fully saturated rings. The Labute approximate surface area is 168 Å². The zero-order chi connectivity index (χ0) is 19.5. The molecule has 146 valence electrons.